The van der Waals surface area contributed by atoms with Gasteiger partial charge in [0.2, 0.25) is 0 Å². The minimum Gasteiger partial charge on any atom is -0.493 e. The molecule has 0 radical (unpaired) electrons. The highest BCUT2D eigenvalue weighted by Gasteiger charge is 2.03. The van der Waals surface area contributed by atoms with Crippen LogP contribution in [0.3, 0.4) is 0 Å². The van der Waals surface area contributed by atoms with Gasteiger partial charge in [-0.1, -0.05) is 25.7 Å². The predicted octanol–water partition coefficient (Wildman–Crippen LogP) is 3.84. The van der Waals surface area contributed by atoms with Crippen LogP contribution in [0, 0.1) is 23.6 Å². The summed E-state index contributed by atoms with van der Waals surface area (Å²) in [5, 5.41) is 0. The fraction of sp³-hybridized carbons (Fsp3) is 0.429. The molecule has 3 heteroatoms. The van der Waals surface area contributed by atoms with E-state index in [1.807, 2.05) is 13.8 Å². The second-order valence-electron chi connectivity index (χ2n) is 4.09. The normalized spacial score (nSPS) is 9.94. The lowest BCUT2D eigenvalue weighted by Gasteiger charge is -2.08. The Morgan fingerprint density at radius 3 is 2.76 bits per heavy atom. The van der Waals surface area contributed by atoms with Gasteiger partial charge in [0.1, 0.15) is 11.6 Å². The van der Waals surface area contributed by atoms with Crippen LogP contribution in [0.1, 0.15) is 25.8 Å². The molecule has 0 heterocycles. The summed E-state index contributed by atoms with van der Waals surface area (Å²) in [6.45, 7) is 4.67. The first kappa shape index (κ1) is 13.9. The Balaban J connectivity index is 2.70. The van der Waals surface area contributed by atoms with Crippen molar-refractivity contribution < 1.29 is 9.13 Å². The summed E-state index contributed by atoms with van der Waals surface area (Å²) >= 11 is 5.49. The average molecular weight is 255 g/mol. The van der Waals surface area contributed by atoms with E-state index in [9.17, 15) is 4.39 Å². The van der Waals surface area contributed by atoms with Crippen LogP contribution in [-0.4, -0.2) is 12.5 Å². The van der Waals surface area contributed by atoms with Crippen molar-refractivity contribution in [2.24, 2.45) is 5.92 Å². The fourth-order valence-electron chi connectivity index (χ4n) is 1.15. The maximum absolute atomic E-state index is 13.6. The first-order valence-electron chi connectivity index (χ1n) is 5.60. The molecule has 0 fully saturated rings. The van der Waals surface area contributed by atoms with Gasteiger partial charge in [-0.2, -0.15) is 0 Å². The third-order valence-electron chi connectivity index (χ3n) is 1.97. The lowest BCUT2D eigenvalue weighted by molar-refractivity contribution is 0.270. The number of benzene rings is 1. The van der Waals surface area contributed by atoms with Crippen molar-refractivity contribution in [3.05, 3.63) is 29.6 Å². The van der Waals surface area contributed by atoms with E-state index in [4.69, 9.17) is 16.3 Å². The average Bonchev–Trinajstić information content (AvgIpc) is 2.29. The Kier molecular flexibility index (Phi) is 5.86. The molecule has 0 aliphatic rings. The summed E-state index contributed by atoms with van der Waals surface area (Å²) in [5.41, 5.74) is 0.381. The van der Waals surface area contributed by atoms with Gasteiger partial charge >= 0.3 is 0 Å². The zero-order valence-electron chi connectivity index (χ0n) is 10.1. The molecule has 0 spiro atoms. The molecule has 0 unspecified atom stereocenters. The molecule has 1 rings (SSSR count). The monoisotopic (exact) mass is 254 g/mol. The number of hydrogen-bond acceptors (Lipinski definition) is 1. The molecule has 1 aromatic carbocycles. The van der Waals surface area contributed by atoms with E-state index >= 15 is 0 Å². The lowest BCUT2D eigenvalue weighted by atomic mass is 10.2. The predicted molar refractivity (Wildman–Crippen MR) is 68.9 cm³/mol. The molecule has 92 valence electrons. The number of halogens is 2. The van der Waals surface area contributed by atoms with Crippen molar-refractivity contribution in [3.8, 4) is 17.6 Å². The molecule has 1 aromatic rings. The van der Waals surface area contributed by atoms with E-state index in [1.54, 1.807) is 12.1 Å². The van der Waals surface area contributed by atoms with Crippen LogP contribution in [0.5, 0.6) is 5.75 Å². The smallest absolute Gasteiger partial charge is 0.142 e. The van der Waals surface area contributed by atoms with E-state index < -0.39 is 0 Å². The summed E-state index contributed by atoms with van der Waals surface area (Å²) < 4.78 is 19.0. The first-order valence-corrected chi connectivity index (χ1v) is 6.14. The van der Waals surface area contributed by atoms with Crippen molar-refractivity contribution >= 4 is 11.6 Å². The number of hydrogen-bond donors (Lipinski definition) is 0. The van der Waals surface area contributed by atoms with E-state index in [1.165, 1.54) is 6.07 Å². The second-order valence-corrected chi connectivity index (χ2v) is 4.47. The highest BCUT2D eigenvalue weighted by molar-refractivity contribution is 6.18. The summed E-state index contributed by atoms with van der Waals surface area (Å²) in [5.74, 6) is 6.61. The van der Waals surface area contributed by atoms with Crippen LogP contribution in [0.25, 0.3) is 0 Å². The van der Waals surface area contributed by atoms with Crippen LogP contribution in [0.4, 0.5) is 4.39 Å². The Morgan fingerprint density at radius 2 is 2.18 bits per heavy atom. The number of alkyl halides is 1. The van der Waals surface area contributed by atoms with Crippen molar-refractivity contribution in [1.29, 1.82) is 0 Å². The van der Waals surface area contributed by atoms with Crippen molar-refractivity contribution in [2.45, 2.75) is 20.3 Å². The van der Waals surface area contributed by atoms with E-state index in [-0.39, 0.29) is 5.82 Å². The molecular weight excluding hydrogens is 239 g/mol. The molecule has 0 saturated carbocycles. The van der Waals surface area contributed by atoms with Crippen LogP contribution in [-0.2, 0) is 0 Å². The van der Waals surface area contributed by atoms with Crippen molar-refractivity contribution in [3.63, 3.8) is 0 Å². The maximum Gasteiger partial charge on any atom is 0.142 e. The second kappa shape index (κ2) is 7.19. The van der Waals surface area contributed by atoms with Crippen LogP contribution in [0.2, 0.25) is 0 Å². The molecule has 1 nitrogen and oxygen atoms in total. The van der Waals surface area contributed by atoms with Crippen LogP contribution < -0.4 is 4.74 Å². The quantitative estimate of drug-likeness (QED) is 0.586. The highest BCUT2D eigenvalue weighted by Crippen LogP contribution is 2.16. The zero-order valence-corrected chi connectivity index (χ0v) is 10.9. The maximum atomic E-state index is 13.6. The lowest BCUT2D eigenvalue weighted by Crippen LogP contribution is -2.04. The van der Waals surface area contributed by atoms with E-state index in [0.717, 1.165) is 0 Å². The standard InChI is InChI=1S/C14H16ClFO/c1-11(2)10-17-13-7-6-12(14(16)9-13)5-3-4-8-15/h6-7,9,11H,4,8,10H2,1-2H3. The summed E-state index contributed by atoms with van der Waals surface area (Å²) in [7, 11) is 0. The Bertz CT molecular complexity index is 418. The summed E-state index contributed by atoms with van der Waals surface area (Å²) in [6, 6.07) is 4.73. The molecule has 0 atom stereocenters. The molecule has 0 bridgehead atoms. The van der Waals surface area contributed by atoms with Gasteiger partial charge in [0.25, 0.3) is 0 Å². The number of rotatable bonds is 4. The SMILES string of the molecule is CC(C)COc1ccc(C#CCCCl)c(F)c1. The van der Waals surface area contributed by atoms with Gasteiger partial charge in [0, 0.05) is 18.4 Å². The summed E-state index contributed by atoms with van der Waals surface area (Å²) in [4.78, 5) is 0. The topological polar surface area (TPSA) is 9.23 Å². The van der Waals surface area contributed by atoms with Crippen molar-refractivity contribution in [2.75, 3.05) is 12.5 Å². The molecule has 0 saturated heterocycles. The highest BCUT2D eigenvalue weighted by atomic mass is 35.5. The molecule has 0 aromatic heterocycles. The van der Waals surface area contributed by atoms with Crippen LogP contribution >= 0.6 is 11.6 Å². The molecule has 0 N–H and O–H groups in total. The van der Waals surface area contributed by atoms with E-state index in [0.29, 0.717) is 36.1 Å². The third kappa shape index (κ3) is 5.10. The van der Waals surface area contributed by atoms with E-state index in [2.05, 4.69) is 11.8 Å². The fourth-order valence-corrected chi connectivity index (χ4v) is 1.25. The van der Waals surface area contributed by atoms with Crippen molar-refractivity contribution in [1.82, 2.24) is 0 Å². The summed E-state index contributed by atoms with van der Waals surface area (Å²) in [6.07, 6.45) is 0.562. The Labute approximate surface area is 107 Å². The largest absolute Gasteiger partial charge is 0.493 e. The third-order valence-corrected chi connectivity index (χ3v) is 2.16. The van der Waals surface area contributed by atoms with Gasteiger partial charge < -0.3 is 4.74 Å². The Hall–Kier alpha value is -1.20. The zero-order chi connectivity index (χ0) is 12.7. The minimum atomic E-state index is -0.353. The van der Waals surface area contributed by atoms with Gasteiger partial charge in [-0.05, 0) is 18.1 Å². The van der Waals surface area contributed by atoms with Gasteiger partial charge in [-0.3, -0.25) is 0 Å². The molecule has 0 amide bonds. The Morgan fingerprint density at radius 1 is 1.41 bits per heavy atom. The molecule has 0 aliphatic carbocycles. The number of ether oxygens (including phenoxy) is 1. The van der Waals surface area contributed by atoms with Gasteiger partial charge in [0.05, 0.1) is 12.2 Å². The molecular formula is C14H16ClFO. The van der Waals surface area contributed by atoms with Gasteiger partial charge in [-0.15, -0.1) is 11.6 Å². The minimum absolute atomic E-state index is 0.353. The van der Waals surface area contributed by atoms with Gasteiger partial charge in [0.15, 0.2) is 0 Å². The van der Waals surface area contributed by atoms with Crippen LogP contribution in [0.15, 0.2) is 18.2 Å². The molecule has 17 heavy (non-hydrogen) atoms. The molecule has 0 aliphatic heterocycles. The first-order chi connectivity index (χ1) is 8.13. The van der Waals surface area contributed by atoms with Gasteiger partial charge in [-0.25, -0.2) is 4.39 Å².